The van der Waals surface area contributed by atoms with Gasteiger partial charge < -0.3 is 9.64 Å². The van der Waals surface area contributed by atoms with Gasteiger partial charge in [0.05, 0.1) is 0 Å². The van der Waals surface area contributed by atoms with Crippen molar-refractivity contribution in [2.75, 3.05) is 6.54 Å². The highest BCUT2D eigenvalue weighted by molar-refractivity contribution is 7.11. The van der Waals surface area contributed by atoms with Crippen molar-refractivity contribution in [1.29, 1.82) is 0 Å². The summed E-state index contributed by atoms with van der Waals surface area (Å²) in [6, 6.07) is 11.6. The van der Waals surface area contributed by atoms with Crippen molar-refractivity contribution in [2.45, 2.75) is 26.0 Å². The molecule has 1 aromatic heterocycles. The minimum Gasteiger partial charge on any atom is -0.448 e. The Morgan fingerprint density at radius 2 is 1.95 bits per heavy atom. The second kappa shape index (κ2) is 6.32. The first-order valence-electron chi connectivity index (χ1n) is 7.25. The average Bonchev–Trinajstić information content (AvgIpc) is 3.08. The SMILES string of the molecule is C[C@@H](OC(=O)c1cccs1)C(=O)N1CCc2ccccc2C1. The highest BCUT2D eigenvalue weighted by atomic mass is 32.1. The molecule has 4 nitrogen and oxygen atoms in total. The zero-order valence-corrected chi connectivity index (χ0v) is 13.1. The Kier molecular flexibility index (Phi) is 4.24. The molecule has 2 aromatic rings. The Bertz CT molecular complexity index is 681. The lowest BCUT2D eigenvalue weighted by molar-refractivity contribution is -0.140. The van der Waals surface area contributed by atoms with Gasteiger partial charge in [-0.1, -0.05) is 30.3 Å². The van der Waals surface area contributed by atoms with Crippen molar-refractivity contribution < 1.29 is 14.3 Å². The molecule has 0 N–H and O–H groups in total. The molecule has 3 rings (SSSR count). The molecule has 0 radical (unpaired) electrons. The Morgan fingerprint density at radius 3 is 2.68 bits per heavy atom. The summed E-state index contributed by atoms with van der Waals surface area (Å²) in [5.41, 5.74) is 2.45. The molecule has 0 unspecified atom stereocenters. The summed E-state index contributed by atoms with van der Waals surface area (Å²) in [7, 11) is 0. The lowest BCUT2D eigenvalue weighted by Gasteiger charge is -2.30. The van der Waals surface area contributed by atoms with Gasteiger partial charge in [-0.3, -0.25) is 4.79 Å². The van der Waals surface area contributed by atoms with Gasteiger partial charge in [0.2, 0.25) is 0 Å². The number of fused-ring (bicyclic) bond motifs is 1. The molecule has 22 heavy (non-hydrogen) atoms. The number of hydrogen-bond acceptors (Lipinski definition) is 4. The van der Waals surface area contributed by atoms with Crippen molar-refractivity contribution >= 4 is 23.2 Å². The van der Waals surface area contributed by atoms with Crippen LogP contribution in [0, 0.1) is 0 Å². The quantitative estimate of drug-likeness (QED) is 0.818. The van der Waals surface area contributed by atoms with Gasteiger partial charge in [0.15, 0.2) is 6.10 Å². The topological polar surface area (TPSA) is 46.6 Å². The monoisotopic (exact) mass is 315 g/mol. The van der Waals surface area contributed by atoms with E-state index in [0.29, 0.717) is 18.0 Å². The minimum absolute atomic E-state index is 0.139. The largest absolute Gasteiger partial charge is 0.448 e. The summed E-state index contributed by atoms with van der Waals surface area (Å²) >= 11 is 1.31. The van der Waals surface area contributed by atoms with E-state index in [4.69, 9.17) is 4.74 Å². The summed E-state index contributed by atoms with van der Waals surface area (Å²) < 4.78 is 5.28. The molecule has 1 amide bonds. The molecule has 0 spiro atoms. The van der Waals surface area contributed by atoms with Crippen LogP contribution in [0.25, 0.3) is 0 Å². The van der Waals surface area contributed by atoms with Crippen LogP contribution in [0.15, 0.2) is 41.8 Å². The van der Waals surface area contributed by atoms with Gasteiger partial charge in [-0.2, -0.15) is 0 Å². The maximum Gasteiger partial charge on any atom is 0.349 e. The van der Waals surface area contributed by atoms with E-state index in [-0.39, 0.29) is 5.91 Å². The summed E-state index contributed by atoms with van der Waals surface area (Å²) in [4.78, 5) is 26.7. The molecule has 0 aliphatic carbocycles. The molecular formula is C17H17NO3S. The zero-order chi connectivity index (χ0) is 15.5. The molecule has 1 aromatic carbocycles. The smallest absolute Gasteiger partial charge is 0.349 e. The van der Waals surface area contributed by atoms with Crippen LogP contribution in [0.3, 0.4) is 0 Å². The zero-order valence-electron chi connectivity index (χ0n) is 12.3. The minimum atomic E-state index is -0.764. The lowest BCUT2D eigenvalue weighted by Crippen LogP contribution is -2.42. The standard InChI is InChI=1S/C17H17NO3S/c1-12(21-17(20)15-7-4-10-22-15)16(19)18-9-8-13-5-2-3-6-14(13)11-18/h2-7,10,12H,8-9,11H2,1H3/t12-/m1/s1. The van der Waals surface area contributed by atoms with Crippen LogP contribution < -0.4 is 0 Å². The Morgan fingerprint density at radius 1 is 1.18 bits per heavy atom. The molecule has 0 saturated heterocycles. The fourth-order valence-electron chi connectivity index (χ4n) is 2.60. The molecule has 1 atom stereocenters. The predicted octanol–water partition coefficient (Wildman–Crippen LogP) is 2.88. The maximum atomic E-state index is 12.5. The summed E-state index contributed by atoms with van der Waals surface area (Å²) in [6.07, 6.45) is 0.0768. The Balaban J connectivity index is 1.63. The number of carbonyl (C=O) groups excluding carboxylic acids is 2. The molecule has 0 fully saturated rings. The van der Waals surface area contributed by atoms with Gasteiger partial charge in [-0.05, 0) is 35.9 Å². The fraction of sp³-hybridized carbons (Fsp3) is 0.294. The van der Waals surface area contributed by atoms with Crippen LogP contribution in [0.1, 0.15) is 27.7 Å². The fourth-order valence-corrected chi connectivity index (χ4v) is 3.21. The first-order chi connectivity index (χ1) is 10.6. The van der Waals surface area contributed by atoms with E-state index < -0.39 is 12.1 Å². The third-order valence-corrected chi connectivity index (χ3v) is 4.65. The summed E-state index contributed by atoms with van der Waals surface area (Å²) in [5.74, 6) is -0.576. The number of rotatable bonds is 3. The van der Waals surface area contributed by atoms with Crippen molar-refractivity contribution in [3.63, 3.8) is 0 Å². The van der Waals surface area contributed by atoms with Gasteiger partial charge in [-0.15, -0.1) is 11.3 Å². The maximum absolute atomic E-state index is 12.5. The number of nitrogens with zero attached hydrogens (tertiary/aromatic N) is 1. The average molecular weight is 315 g/mol. The number of amides is 1. The van der Waals surface area contributed by atoms with E-state index in [1.165, 1.54) is 22.5 Å². The molecular weight excluding hydrogens is 298 g/mol. The number of thiophene rings is 1. The normalized spacial score (nSPS) is 15.0. The lowest BCUT2D eigenvalue weighted by atomic mass is 9.99. The van der Waals surface area contributed by atoms with Crippen LogP contribution in [-0.4, -0.2) is 29.4 Å². The van der Waals surface area contributed by atoms with Crippen molar-refractivity contribution in [2.24, 2.45) is 0 Å². The highest BCUT2D eigenvalue weighted by Crippen LogP contribution is 2.20. The van der Waals surface area contributed by atoms with E-state index in [0.717, 1.165) is 6.42 Å². The number of carbonyl (C=O) groups is 2. The van der Waals surface area contributed by atoms with Gasteiger partial charge in [0.1, 0.15) is 4.88 Å². The molecule has 1 aliphatic rings. The number of hydrogen-bond donors (Lipinski definition) is 0. The summed E-state index contributed by atoms with van der Waals surface area (Å²) in [6.45, 7) is 2.88. The van der Waals surface area contributed by atoms with Gasteiger partial charge in [0.25, 0.3) is 5.91 Å². The Hall–Kier alpha value is -2.14. The molecule has 114 valence electrons. The Labute approximate surface area is 133 Å². The number of ether oxygens (including phenoxy) is 1. The second-order valence-electron chi connectivity index (χ2n) is 5.30. The van der Waals surface area contributed by atoms with Crippen molar-refractivity contribution in [1.82, 2.24) is 4.90 Å². The van der Waals surface area contributed by atoms with Gasteiger partial charge in [0, 0.05) is 13.1 Å². The molecule has 0 saturated carbocycles. The highest BCUT2D eigenvalue weighted by Gasteiger charge is 2.27. The first-order valence-corrected chi connectivity index (χ1v) is 8.13. The molecule has 1 aliphatic heterocycles. The van der Waals surface area contributed by atoms with Gasteiger partial charge >= 0.3 is 5.97 Å². The van der Waals surface area contributed by atoms with Crippen molar-refractivity contribution in [3.05, 3.63) is 57.8 Å². The summed E-state index contributed by atoms with van der Waals surface area (Å²) in [5, 5.41) is 1.81. The number of benzene rings is 1. The third-order valence-electron chi connectivity index (χ3n) is 3.80. The van der Waals surface area contributed by atoms with E-state index in [1.807, 2.05) is 23.6 Å². The third kappa shape index (κ3) is 3.04. The van der Waals surface area contributed by atoms with Gasteiger partial charge in [-0.25, -0.2) is 4.79 Å². The second-order valence-corrected chi connectivity index (χ2v) is 6.25. The molecule has 5 heteroatoms. The molecule has 2 heterocycles. The van der Waals surface area contributed by atoms with Crippen LogP contribution in [0.5, 0.6) is 0 Å². The number of esters is 1. The molecule has 0 bridgehead atoms. The van der Waals surface area contributed by atoms with E-state index in [1.54, 1.807) is 24.0 Å². The van der Waals surface area contributed by atoms with Crippen molar-refractivity contribution in [3.8, 4) is 0 Å². The van der Waals surface area contributed by atoms with E-state index in [9.17, 15) is 9.59 Å². The first kappa shape index (κ1) is 14.8. The van der Waals surface area contributed by atoms with E-state index >= 15 is 0 Å². The van der Waals surface area contributed by atoms with Crippen LogP contribution in [-0.2, 0) is 22.5 Å². The van der Waals surface area contributed by atoms with Crippen LogP contribution in [0.4, 0.5) is 0 Å². The predicted molar refractivity (Wildman–Crippen MR) is 84.8 cm³/mol. The van der Waals surface area contributed by atoms with Crippen LogP contribution >= 0.6 is 11.3 Å². The van der Waals surface area contributed by atoms with E-state index in [2.05, 4.69) is 6.07 Å². The van der Waals surface area contributed by atoms with Crippen LogP contribution in [0.2, 0.25) is 0 Å².